The van der Waals surface area contributed by atoms with Gasteiger partial charge in [0.25, 0.3) is 5.56 Å². The van der Waals surface area contributed by atoms with Gasteiger partial charge in [-0.3, -0.25) is 23.9 Å². The molecule has 0 radical (unpaired) electrons. The van der Waals surface area contributed by atoms with E-state index in [0.717, 1.165) is 62.6 Å². The lowest BCUT2D eigenvalue weighted by molar-refractivity contribution is -0.184. The molecule has 0 aliphatic heterocycles. The standard InChI is InChI=1S/C47H69ClN2O6/c1-12-32(56-38(53)28-42(6,7)41(54)55)19-22-44(9)30(5)16-23-46(11)35(44)15-14-33-40-39(29(3)4)34(51)27-47(40,25-24-45(33,46)10)36-26-37(52)50(49(36)13-2)43(8)20-17-31(48)18-21-43/h17-18,20,26,29-30,32-33,35H,12-16,19,21-25,27-28H2,1-11H3,(H,54,55)/t30?,32?,33?,35?,43?,44?,45-,46?,47?/m1/s1. The lowest BCUT2D eigenvalue weighted by Gasteiger charge is -2.69. The topological polar surface area (TPSA) is 108 Å². The molecule has 3 saturated carbocycles. The second-order valence-corrected chi connectivity index (χ2v) is 20.9. The first-order valence-electron chi connectivity index (χ1n) is 21.6. The number of hydrogen-bond acceptors (Lipinski definition) is 5. The van der Waals surface area contributed by atoms with Crippen LogP contribution < -0.4 is 5.56 Å². The number of ketones is 1. The zero-order valence-electron chi connectivity index (χ0n) is 36.1. The van der Waals surface area contributed by atoms with Crippen molar-refractivity contribution in [2.75, 3.05) is 0 Å². The fourth-order valence-electron chi connectivity index (χ4n) is 12.9. The lowest BCUT2D eigenvalue weighted by atomic mass is 9.35. The average molecular weight is 794 g/mol. The van der Waals surface area contributed by atoms with Crippen molar-refractivity contribution in [3.05, 3.63) is 56.5 Å². The first-order valence-corrected chi connectivity index (χ1v) is 22.0. The van der Waals surface area contributed by atoms with Crippen molar-refractivity contribution in [2.24, 2.45) is 45.3 Å². The molecule has 5 aliphatic carbocycles. The number of carbonyl (C=O) groups excluding carboxylic acids is 2. The molecule has 3 fully saturated rings. The molecule has 56 heavy (non-hydrogen) atoms. The van der Waals surface area contributed by atoms with Crippen LogP contribution in [-0.4, -0.2) is 38.3 Å². The van der Waals surface area contributed by atoms with E-state index in [-0.39, 0.29) is 51.9 Å². The molecule has 9 heteroatoms. The summed E-state index contributed by atoms with van der Waals surface area (Å²) in [6.07, 6.45) is 15.1. The summed E-state index contributed by atoms with van der Waals surface area (Å²) >= 11 is 6.35. The number of aliphatic carboxylic acids is 1. The highest BCUT2D eigenvalue weighted by atomic mass is 35.5. The second-order valence-electron chi connectivity index (χ2n) is 20.4. The molecule has 0 spiro atoms. The third-order valence-corrected chi connectivity index (χ3v) is 16.9. The minimum Gasteiger partial charge on any atom is -0.481 e. The smallest absolute Gasteiger partial charge is 0.309 e. The Bertz CT molecular complexity index is 1920. The molecule has 8 nitrogen and oxygen atoms in total. The molecule has 1 aromatic heterocycles. The SMILES string of the molecule is CCC(CCC1(C)C(C)CCC2(C)C1CCC1C3=C(C(C)C)C(=O)CC3(c3cc(=O)n(C4(C)C=CC(Cl)=CC4)n3CC)CC[C@]12C)OC(=O)CC(C)(C)C(=O)O. The Labute approximate surface area is 340 Å². The summed E-state index contributed by atoms with van der Waals surface area (Å²) in [5.74, 6) is 0.0938. The molecule has 5 aliphatic rings. The van der Waals surface area contributed by atoms with Gasteiger partial charge in [0.05, 0.1) is 23.1 Å². The number of carbonyl (C=O) groups is 3. The molecular weight excluding hydrogens is 724 g/mol. The number of aromatic nitrogens is 2. The molecule has 0 amide bonds. The molecule has 6 rings (SSSR count). The molecule has 9 atom stereocenters. The zero-order valence-corrected chi connectivity index (χ0v) is 36.9. The van der Waals surface area contributed by atoms with E-state index >= 15 is 0 Å². The van der Waals surface area contributed by atoms with Gasteiger partial charge in [-0.2, -0.15) is 0 Å². The first-order chi connectivity index (χ1) is 26.0. The van der Waals surface area contributed by atoms with Gasteiger partial charge in [0.1, 0.15) is 6.10 Å². The van der Waals surface area contributed by atoms with Crippen LogP contribution in [0.3, 0.4) is 0 Å². The molecule has 1 aromatic rings. The molecule has 8 unspecified atom stereocenters. The minimum absolute atomic E-state index is 0.0241. The van der Waals surface area contributed by atoms with Gasteiger partial charge >= 0.3 is 11.9 Å². The quantitative estimate of drug-likeness (QED) is 0.211. The van der Waals surface area contributed by atoms with Crippen LogP contribution in [0.4, 0.5) is 0 Å². The van der Waals surface area contributed by atoms with Crippen molar-refractivity contribution in [1.82, 2.24) is 9.36 Å². The van der Waals surface area contributed by atoms with Gasteiger partial charge < -0.3 is 9.84 Å². The molecule has 1 heterocycles. The van der Waals surface area contributed by atoms with E-state index in [1.54, 1.807) is 13.8 Å². The largest absolute Gasteiger partial charge is 0.481 e. The lowest BCUT2D eigenvalue weighted by Crippen LogP contribution is -2.62. The van der Waals surface area contributed by atoms with Gasteiger partial charge in [-0.1, -0.05) is 72.2 Å². The number of nitrogens with zero attached hydrogens (tertiary/aromatic N) is 2. The van der Waals surface area contributed by atoms with Crippen molar-refractivity contribution in [1.29, 1.82) is 0 Å². The van der Waals surface area contributed by atoms with Crippen LogP contribution in [0.25, 0.3) is 0 Å². The van der Waals surface area contributed by atoms with Gasteiger partial charge in [-0.25, -0.2) is 4.68 Å². The van der Waals surface area contributed by atoms with E-state index in [9.17, 15) is 24.3 Å². The normalized spacial score (nSPS) is 36.2. The minimum atomic E-state index is -1.17. The number of hydrogen-bond donors (Lipinski definition) is 1. The van der Waals surface area contributed by atoms with Gasteiger partial charge in [0.15, 0.2) is 5.78 Å². The Morgan fingerprint density at radius 3 is 2.32 bits per heavy atom. The maximum atomic E-state index is 14.5. The van der Waals surface area contributed by atoms with E-state index in [0.29, 0.717) is 42.7 Å². The maximum absolute atomic E-state index is 14.5. The summed E-state index contributed by atoms with van der Waals surface area (Å²) in [6, 6.07) is 1.87. The Morgan fingerprint density at radius 1 is 1.04 bits per heavy atom. The first kappa shape index (κ1) is 42.7. The highest BCUT2D eigenvalue weighted by Crippen LogP contribution is 2.75. The monoisotopic (exact) mass is 792 g/mol. The van der Waals surface area contributed by atoms with Crippen molar-refractivity contribution in [2.45, 2.75) is 177 Å². The number of Topliss-reactive ketones (excluding diaryl/α,β-unsaturated/α-hetero) is 1. The van der Waals surface area contributed by atoms with Crippen LogP contribution >= 0.6 is 11.6 Å². The van der Waals surface area contributed by atoms with Crippen LogP contribution in [0.2, 0.25) is 0 Å². The average Bonchev–Trinajstić information content (AvgIpc) is 3.64. The Hall–Kier alpha value is -2.87. The molecular formula is C47H69ClN2O6. The van der Waals surface area contributed by atoms with E-state index in [1.165, 1.54) is 5.57 Å². The van der Waals surface area contributed by atoms with E-state index in [2.05, 4.69) is 66.1 Å². The second kappa shape index (κ2) is 14.7. The summed E-state index contributed by atoms with van der Waals surface area (Å²) in [4.78, 5) is 53.3. The number of carboxylic acid groups (broad SMARTS) is 1. The highest BCUT2D eigenvalue weighted by Gasteiger charge is 2.68. The number of halogens is 1. The predicted octanol–water partition coefficient (Wildman–Crippen LogP) is 10.5. The Kier molecular flexibility index (Phi) is 11.3. The van der Waals surface area contributed by atoms with Gasteiger partial charge in [0, 0.05) is 29.5 Å². The maximum Gasteiger partial charge on any atom is 0.309 e. The molecule has 0 bridgehead atoms. The number of rotatable bonds is 12. The van der Waals surface area contributed by atoms with Crippen molar-refractivity contribution in [3.63, 3.8) is 0 Å². The third-order valence-electron chi connectivity index (χ3n) is 16.7. The number of esters is 1. The summed E-state index contributed by atoms with van der Waals surface area (Å²) in [5.41, 5.74) is 1.09. The van der Waals surface area contributed by atoms with Crippen LogP contribution in [0.5, 0.6) is 0 Å². The fraction of sp³-hybridized carbons (Fsp3) is 0.745. The summed E-state index contributed by atoms with van der Waals surface area (Å²) in [7, 11) is 0. The summed E-state index contributed by atoms with van der Waals surface area (Å²) in [5, 5.41) is 10.3. The fourth-order valence-corrected chi connectivity index (χ4v) is 13.1. The van der Waals surface area contributed by atoms with Crippen LogP contribution in [0, 0.1) is 45.3 Å². The van der Waals surface area contributed by atoms with E-state index < -0.39 is 28.3 Å². The highest BCUT2D eigenvalue weighted by molar-refractivity contribution is 6.31. The van der Waals surface area contributed by atoms with Crippen LogP contribution in [0.1, 0.15) is 159 Å². The number of fused-ring (bicyclic) bond motifs is 5. The van der Waals surface area contributed by atoms with Crippen LogP contribution in [-0.2, 0) is 36.6 Å². The van der Waals surface area contributed by atoms with E-state index in [1.807, 2.05) is 29.8 Å². The molecule has 1 N–H and O–H groups in total. The number of ether oxygens (including phenoxy) is 1. The van der Waals surface area contributed by atoms with Gasteiger partial charge in [-0.15, -0.1) is 0 Å². The summed E-state index contributed by atoms with van der Waals surface area (Å²) < 4.78 is 10.1. The van der Waals surface area contributed by atoms with Crippen molar-refractivity contribution in [3.8, 4) is 0 Å². The molecule has 0 saturated heterocycles. The summed E-state index contributed by atoms with van der Waals surface area (Å²) in [6.45, 7) is 24.4. The van der Waals surface area contributed by atoms with Gasteiger partial charge in [0.2, 0.25) is 0 Å². The predicted molar refractivity (Wildman–Crippen MR) is 222 cm³/mol. The molecule has 310 valence electrons. The van der Waals surface area contributed by atoms with E-state index in [4.69, 9.17) is 16.3 Å². The van der Waals surface area contributed by atoms with Crippen molar-refractivity contribution >= 4 is 29.3 Å². The Morgan fingerprint density at radius 2 is 1.73 bits per heavy atom. The molecule has 0 aromatic carbocycles. The number of carboxylic acids is 1. The third kappa shape index (κ3) is 6.54. The Balaban J connectivity index is 1.36. The van der Waals surface area contributed by atoms with Gasteiger partial charge in [-0.05, 0) is 149 Å². The zero-order chi connectivity index (χ0) is 41.4. The van der Waals surface area contributed by atoms with Crippen molar-refractivity contribution < 1.29 is 24.2 Å². The number of allylic oxidation sites excluding steroid dienone is 6. The van der Waals surface area contributed by atoms with Crippen LogP contribution in [0.15, 0.2) is 45.3 Å².